The van der Waals surface area contributed by atoms with Gasteiger partial charge in [-0.1, -0.05) is 71.0 Å². The summed E-state index contributed by atoms with van der Waals surface area (Å²) in [5, 5.41) is 4.48. The van der Waals surface area contributed by atoms with Gasteiger partial charge in [-0.25, -0.2) is 18.4 Å². The van der Waals surface area contributed by atoms with Gasteiger partial charge in [0.2, 0.25) is 10.0 Å². The summed E-state index contributed by atoms with van der Waals surface area (Å²) in [5.41, 5.74) is 4.24. The topological polar surface area (TPSA) is 78.4 Å². The molecule has 7 nitrogen and oxygen atoms in total. The molecule has 1 aliphatic rings. The largest absolute Gasteiger partial charge is 0.340 e. The van der Waals surface area contributed by atoms with Crippen LogP contribution in [0.15, 0.2) is 77.7 Å². The van der Waals surface area contributed by atoms with Crippen molar-refractivity contribution in [2.24, 2.45) is 0 Å². The summed E-state index contributed by atoms with van der Waals surface area (Å²) in [6, 6.07) is 23.7. The standard InChI is InChI=1S/C33H41N5O2S/c1-23(2)25-11-15-27(16-12-25)34-32-29-9-7-8-10-30(29)35-31(36-32)24(3)37-19-21-38(22-20-37)41(39,40)28-17-13-26(14-18-28)33(4,5)6/h7-18,23-24H,19-22H2,1-6H3,(H,34,35,36)/t24-/m1/s1. The fourth-order valence-electron chi connectivity index (χ4n) is 5.24. The molecule has 3 aromatic carbocycles. The number of nitrogens with zero attached hydrogens (tertiary/aromatic N) is 4. The average Bonchev–Trinajstić information content (AvgIpc) is 2.96. The van der Waals surface area contributed by atoms with Crippen molar-refractivity contribution in [2.75, 3.05) is 31.5 Å². The van der Waals surface area contributed by atoms with E-state index in [0.717, 1.165) is 33.8 Å². The molecule has 0 aliphatic carbocycles. The lowest BCUT2D eigenvalue weighted by Crippen LogP contribution is -2.49. The number of anilines is 2. The molecule has 41 heavy (non-hydrogen) atoms. The Morgan fingerprint density at radius 1 is 0.805 bits per heavy atom. The van der Waals surface area contributed by atoms with Gasteiger partial charge < -0.3 is 5.32 Å². The smallest absolute Gasteiger partial charge is 0.243 e. The number of rotatable bonds is 7. The highest BCUT2D eigenvalue weighted by Gasteiger charge is 2.31. The Kier molecular flexibility index (Phi) is 8.19. The maximum absolute atomic E-state index is 13.4. The normalized spacial score (nSPS) is 16.3. The van der Waals surface area contributed by atoms with E-state index in [9.17, 15) is 8.42 Å². The van der Waals surface area contributed by atoms with Crippen molar-refractivity contribution < 1.29 is 8.42 Å². The van der Waals surface area contributed by atoms with Crippen LogP contribution in [-0.4, -0.2) is 53.8 Å². The summed E-state index contributed by atoms with van der Waals surface area (Å²) in [5.74, 6) is 1.97. The Bertz CT molecular complexity index is 1600. The van der Waals surface area contributed by atoms with Crippen LogP contribution >= 0.6 is 0 Å². The highest BCUT2D eigenvalue weighted by Crippen LogP contribution is 2.30. The molecule has 5 rings (SSSR count). The lowest BCUT2D eigenvalue weighted by atomic mass is 9.87. The van der Waals surface area contributed by atoms with Gasteiger partial charge in [0.25, 0.3) is 0 Å². The Morgan fingerprint density at radius 2 is 1.44 bits per heavy atom. The van der Waals surface area contributed by atoms with Crippen LogP contribution in [0.3, 0.4) is 0 Å². The lowest BCUT2D eigenvalue weighted by Gasteiger charge is -2.37. The number of sulfonamides is 1. The summed E-state index contributed by atoms with van der Waals surface area (Å²) in [6.07, 6.45) is 0. The zero-order valence-electron chi connectivity index (χ0n) is 24.9. The van der Waals surface area contributed by atoms with Gasteiger partial charge in [-0.15, -0.1) is 0 Å². The van der Waals surface area contributed by atoms with Crippen LogP contribution in [0.4, 0.5) is 11.5 Å². The molecule has 0 bridgehead atoms. The van der Waals surface area contributed by atoms with E-state index in [1.54, 1.807) is 16.4 Å². The molecule has 1 aliphatic heterocycles. The van der Waals surface area contributed by atoms with Gasteiger partial charge >= 0.3 is 0 Å². The van der Waals surface area contributed by atoms with E-state index in [1.807, 2.05) is 36.4 Å². The van der Waals surface area contributed by atoms with Crippen molar-refractivity contribution in [3.63, 3.8) is 0 Å². The molecule has 8 heteroatoms. The van der Waals surface area contributed by atoms with E-state index < -0.39 is 10.0 Å². The number of aromatic nitrogens is 2. The third-order valence-electron chi connectivity index (χ3n) is 8.01. The van der Waals surface area contributed by atoms with Crippen molar-refractivity contribution in [3.05, 3.63) is 89.7 Å². The molecular weight excluding hydrogens is 530 g/mol. The van der Waals surface area contributed by atoms with Crippen molar-refractivity contribution in [2.45, 2.75) is 63.8 Å². The molecule has 0 unspecified atom stereocenters. The van der Waals surface area contributed by atoms with Crippen LogP contribution in [0.25, 0.3) is 10.9 Å². The predicted molar refractivity (Wildman–Crippen MR) is 167 cm³/mol. The van der Waals surface area contributed by atoms with E-state index in [-0.39, 0.29) is 11.5 Å². The summed E-state index contributed by atoms with van der Waals surface area (Å²) in [6.45, 7) is 14.9. The first-order chi connectivity index (χ1) is 19.4. The number of benzene rings is 3. The molecule has 1 fully saturated rings. The SMILES string of the molecule is CC(C)c1ccc(Nc2nc([C@@H](C)N3CCN(S(=O)(=O)c4ccc(C(C)(C)C)cc4)CC3)nc3ccccc23)cc1. The van der Waals surface area contributed by atoms with Crippen LogP contribution in [0, 0.1) is 0 Å². The molecule has 0 saturated carbocycles. The van der Waals surface area contributed by atoms with Gasteiger partial charge in [0.05, 0.1) is 16.5 Å². The molecule has 1 atom stereocenters. The van der Waals surface area contributed by atoms with Gasteiger partial charge in [-0.2, -0.15) is 4.31 Å². The second kappa shape index (κ2) is 11.5. The molecule has 216 valence electrons. The highest BCUT2D eigenvalue weighted by molar-refractivity contribution is 7.89. The Hall–Kier alpha value is -3.33. The Labute approximate surface area is 244 Å². The maximum Gasteiger partial charge on any atom is 0.243 e. The number of fused-ring (bicyclic) bond motifs is 1. The molecule has 0 spiro atoms. The van der Waals surface area contributed by atoms with Gasteiger partial charge in [-0.05, 0) is 65.8 Å². The average molecular weight is 572 g/mol. The summed E-state index contributed by atoms with van der Waals surface area (Å²) < 4.78 is 28.4. The van der Waals surface area contributed by atoms with E-state index in [0.29, 0.717) is 37.0 Å². The molecule has 4 aromatic rings. The summed E-state index contributed by atoms with van der Waals surface area (Å²) in [4.78, 5) is 12.5. The predicted octanol–water partition coefficient (Wildman–Crippen LogP) is 6.86. The van der Waals surface area contributed by atoms with Crippen molar-refractivity contribution in [1.82, 2.24) is 19.2 Å². The van der Waals surface area contributed by atoms with E-state index in [1.165, 1.54) is 5.56 Å². The first-order valence-electron chi connectivity index (χ1n) is 14.4. The third-order valence-corrected chi connectivity index (χ3v) is 9.93. The number of hydrogen-bond acceptors (Lipinski definition) is 6. The molecular formula is C33H41N5O2S. The first kappa shape index (κ1) is 29.2. The molecule has 0 amide bonds. The summed E-state index contributed by atoms with van der Waals surface area (Å²) in [7, 11) is -3.55. The fraction of sp³-hybridized carbons (Fsp3) is 0.394. The Balaban J connectivity index is 1.32. The minimum Gasteiger partial charge on any atom is -0.340 e. The quantitative estimate of drug-likeness (QED) is 0.261. The number of piperazine rings is 1. The fourth-order valence-corrected chi connectivity index (χ4v) is 6.66. The van der Waals surface area contributed by atoms with Gasteiger partial charge in [0.1, 0.15) is 11.6 Å². The molecule has 1 N–H and O–H groups in total. The molecule has 2 heterocycles. The van der Waals surface area contributed by atoms with Crippen molar-refractivity contribution in [1.29, 1.82) is 0 Å². The van der Waals surface area contributed by atoms with E-state index in [4.69, 9.17) is 9.97 Å². The number of hydrogen-bond donors (Lipinski definition) is 1. The second-order valence-electron chi connectivity index (χ2n) is 12.2. The van der Waals surface area contributed by atoms with Crippen LogP contribution in [0.5, 0.6) is 0 Å². The van der Waals surface area contributed by atoms with Crippen LogP contribution in [-0.2, 0) is 15.4 Å². The zero-order chi connectivity index (χ0) is 29.4. The van der Waals surface area contributed by atoms with Crippen LogP contribution in [0.2, 0.25) is 0 Å². The second-order valence-corrected chi connectivity index (χ2v) is 14.2. The van der Waals surface area contributed by atoms with Gasteiger partial charge in [-0.3, -0.25) is 4.90 Å². The molecule has 0 radical (unpaired) electrons. The molecule has 1 aromatic heterocycles. The Morgan fingerprint density at radius 3 is 2.05 bits per heavy atom. The van der Waals surface area contributed by atoms with Crippen molar-refractivity contribution in [3.8, 4) is 0 Å². The minimum atomic E-state index is -3.55. The lowest BCUT2D eigenvalue weighted by molar-refractivity contribution is 0.141. The maximum atomic E-state index is 13.4. The van der Waals surface area contributed by atoms with E-state index >= 15 is 0 Å². The van der Waals surface area contributed by atoms with Crippen molar-refractivity contribution >= 4 is 32.4 Å². The van der Waals surface area contributed by atoms with E-state index in [2.05, 4.69) is 76.0 Å². The minimum absolute atomic E-state index is 0.0251. The summed E-state index contributed by atoms with van der Waals surface area (Å²) >= 11 is 0. The third kappa shape index (κ3) is 6.30. The van der Waals surface area contributed by atoms with Gasteiger partial charge in [0.15, 0.2) is 0 Å². The molecule has 1 saturated heterocycles. The van der Waals surface area contributed by atoms with Gasteiger partial charge in [0, 0.05) is 37.3 Å². The van der Waals surface area contributed by atoms with Crippen LogP contribution in [0.1, 0.15) is 70.5 Å². The zero-order valence-corrected chi connectivity index (χ0v) is 25.7. The number of para-hydroxylation sites is 1. The monoisotopic (exact) mass is 571 g/mol. The van der Waals surface area contributed by atoms with Crippen LogP contribution < -0.4 is 5.32 Å². The number of nitrogens with one attached hydrogen (secondary N) is 1. The highest BCUT2D eigenvalue weighted by atomic mass is 32.2. The first-order valence-corrected chi connectivity index (χ1v) is 15.9.